The topological polar surface area (TPSA) is 64.3 Å². The van der Waals surface area contributed by atoms with E-state index in [0.29, 0.717) is 25.3 Å². The third-order valence-corrected chi connectivity index (χ3v) is 2.51. The van der Waals surface area contributed by atoms with Gasteiger partial charge in [0.05, 0.1) is 6.10 Å². The van der Waals surface area contributed by atoms with Gasteiger partial charge in [-0.05, 0) is 38.0 Å². The number of benzene rings is 1. The Morgan fingerprint density at radius 3 is 2.47 bits per heavy atom. The fraction of sp³-hybridized carbons (Fsp3) is 0.500. The summed E-state index contributed by atoms with van der Waals surface area (Å²) in [6, 6.07) is 7.33. The van der Waals surface area contributed by atoms with Crippen LogP contribution in [-0.2, 0) is 11.3 Å². The molecule has 1 amide bonds. The van der Waals surface area contributed by atoms with Crippen LogP contribution < -0.4 is 11.1 Å². The minimum atomic E-state index is -0.0527. The maximum absolute atomic E-state index is 11.8. The molecule has 0 atom stereocenters. The largest absolute Gasteiger partial charge is 0.379 e. The SMILES string of the molecule is CC(C)OCCCNC(=O)c1ccc(CN)cc1.Cl. The van der Waals surface area contributed by atoms with Crippen molar-refractivity contribution in [3.63, 3.8) is 0 Å². The van der Waals surface area contributed by atoms with Crippen molar-refractivity contribution in [1.82, 2.24) is 5.32 Å². The zero-order chi connectivity index (χ0) is 13.4. The maximum Gasteiger partial charge on any atom is 0.251 e. The monoisotopic (exact) mass is 286 g/mol. The van der Waals surface area contributed by atoms with Crippen LogP contribution >= 0.6 is 12.4 Å². The molecule has 0 heterocycles. The van der Waals surface area contributed by atoms with E-state index >= 15 is 0 Å². The summed E-state index contributed by atoms with van der Waals surface area (Å²) in [6.45, 7) is 5.79. The number of nitrogens with one attached hydrogen (secondary N) is 1. The first-order valence-electron chi connectivity index (χ1n) is 6.32. The molecule has 1 aromatic carbocycles. The lowest BCUT2D eigenvalue weighted by Crippen LogP contribution is -2.25. The van der Waals surface area contributed by atoms with Crippen molar-refractivity contribution >= 4 is 18.3 Å². The fourth-order valence-electron chi connectivity index (χ4n) is 1.49. The van der Waals surface area contributed by atoms with Crippen LogP contribution in [-0.4, -0.2) is 25.2 Å². The van der Waals surface area contributed by atoms with Crippen molar-refractivity contribution in [3.8, 4) is 0 Å². The van der Waals surface area contributed by atoms with Gasteiger partial charge in [-0.3, -0.25) is 4.79 Å². The standard InChI is InChI=1S/C14H22N2O2.ClH/c1-11(2)18-9-3-8-16-14(17)13-6-4-12(10-15)5-7-13;/h4-7,11H,3,8-10,15H2,1-2H3,(H,16,17);1H. The molecule has 3 N–H and O–H groups in total. The van der Waals surface area contributed by atoms with Crippen LogP contribution in [0, 0.1) is 0 Å². The predicted molar refractivity (Wildman–Crippen MR) is 79.6 cm³/mol. The number of rotatable bonds is 7. The Labute approximate surface area is 121 Å². The average molecular weight is 287 g/mol. The molecule has 0 saturated heterocycles. The number of carbonyl (C=O) groups is 1. The van der Waals surface area contributed by atoms with Gasteiger partial charge in [0.1, 0.15) is 0 Å². The Hall–Kier alpha value is -1.10. The molecule has 0 unspecified atom stereocenters. The molecule has 0 fully saturated rings. The van der Waals surface area contributed by atoms with Crippen LogP contribution in [0.3, 0.4) is 0 Å². The van der Waals surface area contributed by atoms with E-state index in [4.69, 9.17) is 10.5 Å². The molecule has 0 aliphatic rings. The minimum Gasteiger partial charge on any atom is -0.379 e. The van der Waals surface area contributed by atoms with Crippen molar-refractivity contribution < 1.29 is 9.53 Å². The number of hydrogen-bond donors (Lipinski definition) is 2. The number of carbonyl (C=O) groups excluding carboxylic acids is 1. The van der Waals surface area contributed by atoms with Crippen molar-refractivity contribution in [2.75, 3.05) is 13.2 Å². The highest BCUT2D eigenvalue weighted by Crippen LogP contribution is 2.03. The van der Waals surface area contributed by atoms with Crippen LogP contribution in [0.25, 0.3) is 0 Å². The van der Waals surface area contributed by atoms with E-state index in [-0.39, 0.29) is 24.4 Å². The van der Waals surface area contributed by atoms with E-state index in [1.807, 2.05) is 26.0 Å². The molecule has 0 aliphatic carbocycles. The lowest BCUT2D eigenvalue weighted by Gasteiger charge is -2.08. The van der Waals surface area contributed by atoms with E-state index in [0.717, 1.165) is 12.0 Å². The number of halogens is 1. The fourth-order valence-corrected chi connectivity index (χ4v) is 1.49. The van der Waals surface area contributed by atoms with Gasteiger partial charge >= 0.3 is 0 Å². The van der Waals surface area contributed by atoms with Crippen molar-refractivity contribution in [1.29, 1.82) is 0 Å². The molecular weight excluding hydrogens is 264 g/mol. The number of ether oxygens (including phenoxy) is 1. The van der Waals surface area contributed by atoms with E-state index < -0.39 is 0 Å². The molecule has 0 saturated carbocycles. The van der Waals surface area contributed by atoms with Crippen molar-refractivity contribution in [2.24, 2.45) is 5.73 Å². The minimum absolute atomic E-state index is 0. The van der Waals surface area contributed by atoms with E-state index in [2.05, 4.69) is 5.32 Å². The third-order valence-electron chi connectivity index (χ3n) is 2.51. The molecule has 0 aromatic heterocycles. The van der Waals surface area contributed by atoms with Crippen LogP contribution in [0.2, 0.25) is 0 Å². The smallest absolute Gasteiger partial charge is 0.251 e. The van der Waals surface area contributed by atoms with Gasteiger partial charge < -0.3 is 15.8 Å². The van der Waals surface area contributed by atoms with Gasteiger partial charge in [0.2, 0.25) is 0 Å². The molecule has 0 aliphatic heterocycles. The molecule has 0 spiro atoms. The summed E-state index contributed by atoms with van der Waals surface area (Å²) < 4.78 is 5.39. The van der Waals surface area contributed by atoms with Gasteiger partial charge in [0, 0.05) is 25.3 Å². The summed E-state index contributed by atoms with van der Waals surface area (Å²) in [5.74, 6) is -0.0527. The highest BCUT2D eigenvalue weighted by Gasteiger charge is 2.04. The Morgan fingerprint density at radius 1 is 1.32 bits per heavy atom. The second kappa shape index (κ2) is 9.78. The van der Waals surface area contributed by atoms with Crippen LogP contribution in [0.5, 0.6) is 0 Å². The van der Waals surface area contributed by atoms with Gasteiger partial charge in [-0.15, -0.1) is 12.4 Å². The summed E-state index contributed by atoms with van der Waals surface area (Å²) in [7, 11) is 0. The maximum atomic E-state index is 11.8. The lowest BCUT2D eigenvalue weighted by molar-refractivity contribution is 0.0757. The van der Waals surface area contributed by atoms with Gasteiger partial charge in [0.15, 0.2) is 0 Å². The van der Waals surface area contributed by atoms with Crippen molar-refractivity contribution in [3.05, 3.63) is 35.4 Å². The molecular formula is C14H23ClN2O2. The summed E-state index contributed by atoms with van der Waals surface area (Å²) in [4.78, 5) is 11.8. The molecule has 1 rings (SSSR count). The molecule has 1 aromatic rings. The number of nitrogens with two attached hydrogens (primary N) is 1. The van der Waals surface area contributed by atoms with Gasteiger partial charge in [0.25, 0.3) is 5.91 Å². The third kappa shape index (κ3) is 7.15. The quantitative estimate of drug-likeness (QED) is 0.755. The van der Waals surface area contributed by atoms with Crippen molar-refractivity contribution in [2.45, 2.75) is 32.9 Å². The molecule has 0 radical (unpaired) electrons. The van der Waals surface area contributed by atoms with Gasteiger partial charge in [-0.25, -0.2) is 0 Å². The predicted octanol–water partition coefficient (Wildman–Crippen LogP) is 2.11. The first-order chi connectivity index (χ1) is 8.63. The zero-order valence-corrected chi connectivity index (χ0v) is 12.3. The van der Waals surface area contributed by atoms with E-state index in [9.17, 15) is 4.79 Å². The molecule has 0 bridgehead atoms. The molecule has 19 heavy (non-hydrogen) atoms. The van der Waals surface area contributed by atoms with Crippen LogP contribution in [0.4, 0.5) is 0 Å². The van der Waals surface area contributed by atoms with Crippen LogP contribution in [0.1, 0.15) is 36.2 Å². The number of amides is 1. The first kappa shape index (κ1) is 17.9. The summed E-state index contributed by atoms with van der Waals surface area (Å²) in [5, 5.41) is 2.86. The Balaban J connectivity index is 0.00000324. The summed E-state index contributed by atoms with van der Waals surface area (Å²) >= 11 is 0. The van der Waals surface area contributed by atoms with Gasteiger partial charge in [-0.1, -0.05) is 12.1 Å². The second-order valence-corrected chi connectivity index (χ2v) is 4.43. The van der Waals surface area contributed by atoms with Crippen LogP contribution in [0.15, 0.2) is 24.3 Å². The van der Waals surface area contributed by atoms with Gasteiger partial charge in [-0.2, -0.15) is 0 Å². The Morgan fingerprint density at radius 2 is 1.95 bits per heavy atom. The first-order valence-corrected chi connectivity index (χ1v) is 6.32. The summed E-state index contributed by atoms with van der Waals surface area (Å²) in [5.41, 5.74) is 7.19. The second-order valence-electron chi connectivity index (χ2n) is 4.43. The Bertz CT molecular complexity index is 366. The van der Waals surface area contributed by atoms with E-state index in [1.165, 1.54) is 0 Å². The lowest BCUT2D eigenvalue weighted by atomic mass is 10.1. The average Bonchev–Trinajstić information content (AvgIpc) is 2.38. The summed E-state index contributed by atoms with van der Waals surface area (Å²) in [6.07, 6.45) is 1.06. The highest BCUT2D eigenvalue weighted by atomic mass is 35.5. The molecule has 108 valence electrons. The zero-order valence-electron chi connectivity index (χ0n) is 11.5. The number of hydrogen-bond acceptors (Lipinski definition) is 3. The normalized spacial score (nSPS) is 10.1. The Kier molecular flexibility index (Phi) is 9.21. The van der Waals surface area contributed by atoms with E-state index in [1.54, 1.807) is 12.1 Å². The molecule has 5 heteroatoms. The molecule has 4 nitrogen and oxygen atoms in total. The highest BCUT2D eigenvalue weighted by molar-refractivity contribution is 5.94.